The average molecular weight is 221 g/mol. The van der Waals surface area contributed by atoms with Gasteiger partial charge in [-0.3, -0.25) is 4.79 Å². The van der Waals surface area contributed by atoms with Crippen LogP contribution in [0.1, 0.15) is 25.3 Å². The van der Waals surface area contributed by atoms with Gasteiger partial charge in [0.1, 0.15) is 0 Å². The van der Waals surface area contributed by atoms with Crippen LogP contribution in [0.4, 0.5) is 0 Å². The molecule has 1 N–H and O–H groups in total. The Morgan fingerprint density at radius 2 is 2.06 bits per heavy atom. The summed E-state index contributed by atoms with van der Waals surface area (Å²) in [5, 5.41) is 3.35. The van der Waals surface area contributed by atoms with Crippen molar-refractivity contribution < 1.29 is 9.53 Å². The van der Waals surface area contributed by atoms with Gasteiger partial charge in [-0.1, -0.05) is 37.3 Å². The van der Waals surface area contributed by atoms with Gasteiger partial charge in [0.2, 0.25) is 0 Å². The van der Waals surface area contributed by atoms with Gasteiger partial charge in [0.05, 0.1) is 13.5 Å². The maximum absolute atomic E-state index is 11.1. The molecule has 1 aromatic rings. The zero-order valence-electron chi connectivity index (χ0n) is 9.90. The van der Waals surface area contributed by atoms with Crippen molar-refractivity contribution in [1.29, 1.82) is 0 Å². The smallest absolute Gasteiger partial charge is 0.307 e. The van der Waals surface area contributed by atoms with Crippen LogP contribution >= 0.6 is 0 Å². The van der Waals surface area contributed by atoms with Gasteiger partial charge >= 0.3 is 5.97 Å². The van der Waals surface area contributed by atoms with E-state index in [1.54, 1.807) is 0 Å². The Morgan fingerprint density at radius 3 is 2.62 bits per heavy atom. The highest BCUT2D eigenvalue weighted by Gasteiger charge is 2.11. The standard InChI is InChI=1S/C13H19NO2/c1-3-12(9-13(15)16-2)14-10-11-7-5-4-6-8-11/h4-8,12,14H,3,9-10H2,1-2H3/t12-/m1/s1. The third kappa shape index (κ3) is 4.45. The molecule has 0 spiro atoms. The molecular weight excluding hydrogens is 202 g/mol. The summed E-state index contributed by atoms with van der Waals surface area (Å²) in [5.74, 6) is -0.160. The SMILES string of the molecule is CC[C@H](CC(=O)OC)NCc1ccccc1. The van der Waals surface area contributed by atoms with Crippen LogP contribution in [-0.2, 0) is 16.1 Å². The molecule has 0 aliphatic carbocycles. The molecule has 0 fully saturated rings. The fourth-order valence-corrected chi connectivity index (χ4v) is 1.50. The highest BCUT2D eigenvalue weighted by Crippen LogP contribution is 2.03. The van der Waals surface area contributed by atoms with E-state index < -0.39 is 0 Å². The Labute approximate surface area is 96.8 Å². The number of hydrogen-bond acceptors (Lipinski definition) is 3. The number of hydrogen-bond donors (Lipinski definition) is 1. The molecule has 0 aromatic heterocycles. The second kappa shape index (κ2) is 7.01. The molecule has 1 atom stereocenters. The summed E-state index contributed by atoms with van der Waals surface area (Å²) in [7, 11) is 1.42. The summed E-state index contributed by atoms with van der Waals surface area (Å²) in [4.78, 5) is 11.1. The first kappa shape index (κ1) is 12.7. The van der Waals surface area contributed by atoms with Gasteiger partial charge in [0.15, 0.2) is 0 Å². The van der Waals surface area contributed by atoms with Crippen LogP contribution < -0.4 is 5.32 Å². The van der Waals surface area contributed by atoms with E-state index in [4.69, 9.17) is 0 Å². The number of carbonyl (C=O) groups excluding carboxylic acids is 1. The van der Waals surface area contributed by atoms with Crippen LogP contribution in [0.15, 0.2) is 30.3 Å². The maximum Gasteiger partial charge on any atom is 0.307 e. The van der Waals surface area contributed by atoms with Gasteiger partial charge in [-0.25, -0.2) is 0 Å². The summed E-state index contributed by atoms with van der Waals surface area (Å²) >= 11 is 0. The lowest BCUT2D eigenvalue weighted by molar-refractivity contribution is -0.141. The first-order chi connectivity index (χ1) is 7.76. The molecule has 88 valence electrons. The molecule has 0 bridgehead atoms. The van der Waals surface area contributed by atoms with E-state index in [2.05, 4.69) is 29.1 Å². The van der Waals surface area contributed by atoms with Gasteiger partial charge in [-0.2, -0.15) is 0 Å². The van der Waals surface area contributed by atoms with E-state index in [9.17, 15) is 4.79 Å². The van der Waals surface area contributed by atoms with Crippen molar-refractivity contribution in [3.63, 3.8) is 0 Å². The zero-order chi connectivity index (χ0) is 11.8. The van der Waals surface area contributed by atoms with E-state index in [0.717, 1.165) is 13.0 Å². The first-order valence-electron chi connectivity index (χ1n) is 5.60. The maximum atomic E-state index is 11.1. The molecule has 0 aliphatic rings. The molecule has 0 aliphatic heterocycles. The van der Waals surface area contributed by atoms with Crippen molar-refractivity contribution in [2.45, 2.75) is 32.4 Å². The summed E-state index contributed by atoms with van der Waals surface area (Å²) in [6, 6.07) is 10.3. The van der Waals surface area contributed by atoms with Crippen LogP contribution in [0.25, 0.3) is 0 Å². The number of nitrogens with one attached hydrogen (secondary N) is 1. The fraction of sp³-hybridized carbons (Fsp3) is 0.462. The second-order valence-electron chi connectivity index (χ2n) is 3.75. The molecule has 1 rings (SSSR count). The average Bonchev–Trinajstić information content (AvgIpc) is 2.35. The van der Waals surface area contributed by atoms with E-state index in [-0.39, 0.29) is 12.0 Å². The number of ether oxygens (including phenoxy) is 1. The molecule has 3 nitrogen and oxygen atoms in total. The molecule has 0 amide bonds. The van der Waals surface area contributed by atoms with Crippen molar-refractivity contribution >= 4 is 5.97 Å². The summed E-state index contributed by atoms with van der Waals surface area (Å²) < 4.78 is 4.66. The number of rotatable bonds is 6. The predicted molar refractivity (Wildman–Crippen MR) is 64.0 cm³/mol. The fourth-order valence-electron chi connectivity index (χ4n) is 1.50. The lowest BCUT2D eigenvalue weighted by Gasteiger charge is -2.15. The Hall–Kier alpha value is -1.35. The number of benzene rings is 1. The topological polar surface area (TPSA) is 38.3 Å². The number of methoxy groups -OCH3 is 1. The molecule has 0 saturated heterocycles. The van der Waals surface area contributed by atoms with Crippen molar-refractivity contribution in [3.05, 3.63) is 35.9 Å². The Morgan fingerprint density at radius 1 is 1.38 bits per heavy atom. The number of carbonyl (C=O) groups is 1. The molecule has 0 radical (unpaired) electrons. The van der Waals surface area contributed by atoms with Gasteiger partial charge in [0, 0.05) is 12.6 Å². The highest BCUT2D eigenvalue weighted by molar-refractivity contribution is 5.69. The predicted octanol–water partition coefficient (Wildman–Crippen LogP) is 2.12. The molecule has 16 heavy (non-hydrogen) atoms. The van der Waals surface area contributed by atoms with Crippen LogP contribution in [0, 0.1) is 0 Å². The number of esters is 1. The van der Waals surface area contributed by atoms with Crippen molar-refractivity contribution in [2.75, 3.05) is 7.11 Å². The Bertz CT molecular complexity index is 311. The van der Waals surface area contributed by atoms with Crippen molar-refractivity contribution in [2.24, 2.45) is 0 Å². The molecular formula is C13H19NO2. The van der Waals surface area contributed by atoms with Crippen molar-refractivity contribution in [3.8, 4) is 0 Å². The largest absolute Gasteiger partial charge is 0.469 e. The Balaban J connectivity index is 2.37. The van der Waals surface area contributed by atoms with E-state index in [1.165, 1.54) is 12.7 Å². The highest BCUT2D eigenvalue weighted by atomic mass is 16.5. The summed E-state index contributed by atoms with van der Waals surface area (Å²) in [6.45, 7) is 2.85. The Kier molecular flexibility index (Phi) is 5.57. The molecule has 0 heterocycles. The second-order valence-corrected chi connectivity index (χ2v) is 3.75. The monoisotopic (exact) mass is 221 g/mol. The van der Waals surface area contributed by atoms with E-state index in [0.29, 0.717) is 6.42 Å². The van der Waals surface area contributed by atoms with Crippen LogP contribution in [0.2, 0.25) is 0 Å². The zero-order valence-corrected chi connectivity index (χ0v) is 9.90. The molecule has 0 saturated carbocycles. The molecule has 3 heteroatoms. The summed E-state index contributed by atoms with van der Waals surface area (Å²) in [5.41, 5.74) is 1.23. The van der Waals surface area contributed by atoms with Crippen molar-refractivity contribution in [1.82, 2.24) is 5.32 Å². The van der Waals surface area contributed by atoms with Gasteiger partial charge in [-0.05, 0) is 12.0 Å². The minimum atomic E-state index is -0.160. The van der Waals surface area contributed by atoms with E-state index in [1.807, 2.05) is 18.2 Å². The summed E-state index contributed by atoms with van der Waals surface area (Å²) in [6.07, 6.45) is 1.35. The lowest BCUT2D eigenvalue weighted by Crippen LogP contribution is -2.30. The first-order valence-corrected chi connectivity index (χ1v) is 5.60. The van der Waals surface area contributed by atoms with Crippen LogP contribution in [0.3, 0.4) is 0 Å². The minimum absolute atomic E-state index is 0.160. The lowest BCUT2D eigenvalue weighted by atomic mass is 10.1. The third-order valence-corrected chi connectivity index (χ3v) is 2.57. The normalized spacial score (nSPS) is 12.1. The molecule has 0 unspecified atom stereocenters. The van der Waals surface area contributed by atoms with Crippen LogP contribution in [0.5, 0.6) is 0 Å². The minimum Gasteiger partial charge on any atom is -0.469 e. The van der Waals surface area contributed by atoms with E-state index >= 15 is 0 Å². The quantitative estimate of drug-likeness (QED) is 0.748. The molecule has 1 aromatic carbocycles. The third-order valence-electron chi connectivity index (χ3n) is 2.57. The van der Waals surface area contributed by atoms with Gasteiger partial charge in [0.25, 0.3) is 0 Å². The van der Waals surface area contributed by atoms with Crippen LogP contribution in [-0.4, -0.2) is 19.1 Å². The van der Waals surface area contributed by atoms with Gasteiger partial charge in [-0.15, -0.1) is 0 Å². The van der Waals surface area contributed by atoms with Gasteiger partial charge < -0.3 is 10.1 Å².